The van der Waals surface area contributed by atoms with Gasteiger partial charge in [-0.05, 0) is 31.4 Å². The molecule has 5 nitrogen and oxygen atoms in total. The molecule has 1 aliphatic heterocycles. The van der Waals surface area contributed by atoms with Crippen molar-refractivity contribution in [1.29, 1.82) is 0 Å². The first-order valence-corrected chi connectivity index (χ1v) is 6.82. The molecular weight excluding hydrogens is 240 g/mol. The van der Waals surface area contributed by atoms with Gasteiger partial charge in [0.1, 0.15) is 0 Å². The van der Waals surface area contributed by atoms with Crippen molar-refractivity contribution in [3.8, 4) is 0 Å². The zero-order valence-electron chi connectivity index (χ0n) is 11.4. The summed E-state index contributed by atoms with van der Waals surface area (Å²) in [4.78, 5) is 17.1. The second-order valence-electron chi connectivity index (χ2n) is 5.19. The predicted octanol–water partition coefficient (Wildman–Crippen LogP) is 0.682. The Kier molecular flexibility index (Phi) is 4.87. The molecule has 104 valence electrons. The van der Waals surface area contributed by atoms with Gasteiger partial charge < -0.3 is 11.1 Å². The van der Waals surface area contributed by atoms with Gasteiger partial charge in [0.2, 0.25) is 5.91 Å². The summed E-state index contributed by atoms with van der Waals surface area (Å²) in [5.74, 6) is -0.241. The van der Waals surface area contributed by atoms with Gasteiger partial charge in [0.05, 0.1) is 6.54 Å². The summed E-state index contributed by atoms with van der Waals surface area (Å²) >= 11 is 0. The van der Waals surface area contributed by atoms with Crippen molar-refractivity contribution in [2.45, 2.75) is 31.8 Å². The third kappa shape index (κ3) is 4.29. The molecule has 1 aromatic rings. The molecule has 0 aromatic carbocycles. The highest BCUT2D eigenvalue weighted by atomic mass is 16.1. The normalized spacial score (nSPS) is 19.2. The number of hydrogen-bond acceptors (Lipinski definition) is 4. The Labute approximate surface area is 114 Å². The van der Waals surface area contributed by atoms with Gasteiger partial charge >= 0.3 is 0 Å². The summed E-state index contributed by atoms with van der Waals surface area (Å²) in [7, 11) is 0. The van der Waals surface area contributed by atoms with Crippen LogP contribution in [0.4, 0.5) is 0 Å². The first kappa shape index (κ1) is 14.0. The molecule has 5 heteroatoms. The summed E-state index contributed by atoms with van der Waals surface area (Å²) in [6.45, 7) is 4.40. The number of hydrogen-bond donors (Lipinski definition) is 2. The molecule has 2 rings (SSSR count). The average Bonchev–Trinajstić information content (AvgIpc) is 2.41. The number of nitrogens with two attached hydrogens (primary N) is 1. The molecule has 3 N–H and O–H groups in total. The van der Waals surface area contributed by atoms with Gasteiger partial charge in [-0.1, -0.05) is 6.07 Å². The van der Waals surface area contributed by atoms with Gasteiger partial charge in [0.15, 0.2) is 0 Å². The lowest BCUT2D eigenvalue weighted by Crippen LogP contribution is -2.45. The summed E-state index contributed by atoms with van der Waals surface area (Å²) in [5, 5.41) is 3.63. The van der Waals surface area contributed by atoms with Crippen LogP contribution in [0.25, 0.3) is 0 Å². The Balaban J connectivity index is 1.78. The van der Waals surface area contributed by atoms with E-state index in [0.717, 1.165) is 25.9 Å². The Bertz CT molecular complexity index is 401. The number of primary amides is 1. The molecule has 1 amide bonds. The van der Waals surface area contributed by atoms with Gasteiger partial charge in [-0.3, -0.25) is 14.7 Å². The standard InChI is InChI=1S/C14H22N4O/c1-11(12-3-2-6-16-9-12)17-13-4-7-18(8-5-13)10-14(15)19/h2-3,6,9,11,13,17H,4-5,7-8,10H2,1H3,(H2,15,19). The number of carbonyl (C=O) groups excluding carboxylic acids is 1. The van der Waals surface area contributed by atoms with Crippen LogP contribution >= 0.6 is 0 Å². The number of pyridine rings is 1. The van der Waals surface area contributed by atoms with E-state index in [0.29, 0.717) is 18.6 Å². The van der Waals surface area contributed by atoms with E-state index in [-0.39, 0.29) is 5.91 Å². The van der Waals surface area contributed by atoms with E-state index in [9.17, 15) is 4.79 Å². The fourth-order valence-electron chi connectivity index (χ4n) is 2.56. The molecule has 2 heterocycles. The molecule has 1 atom stereocenters. The molecule has 1 fully saturated rings. The molecule has 19 heavy (non-hydrogen) atoms. The number of amides is 1. The molecule has 1 aliphatic rings. The lowest BCUT2D eigenvalue weighted by molar-refractivity contribution is -0.119. The molecular formula is C14H22N4O. The van der Waals surface area contributed by atoms with E-state index in [2.05, 4.69) is 28.2 Å². The molecule has 0 aliphatic carbocycles. The maximum absolute atomic E-state index is 10.9. The van der Waals surface area contributed by atoms with Crippen LogP contribution in [0.5, 0.6) is 0 Å². The smallest absolute Gasteiger partial charge is 0.231 e. The lowest BCUT2D eigenvalue weighted by atomic mass is 10.0. The Hall–Kier alpha value is -1.46. The molecule has 0 radical (unpaired) electrons. The van der Waals surface area contributed by atoms with Crippen LogP contribution in [0.3, 0.4) is 0 Å². The van der Waals surface area contributed by atoms with Crippen molar-refractivity contribution in [3.05, 3.63) is 30.1 Å². The second-order valence-corrected chi connectivity index (χ2v) is 5.19. The minimum atomic E-state index is -0.241. The van der Waals surface area contributed by atoms with Gasteiger partial charge in [0, 0.05) is 37.6 Å². The number of nitrogens with zero attached hydrogens (tertiary/aromatic N) is 2. The number of piperidine rings is 1. The van der Waals surface area contributed by atoms with E-state index in [4.69, 9.17) is 5.73 Å². The monoisotopic (exact) mass is 262 g/mol. The molecule has 1 saturated heterocycles. The average molecular weight is 262 g/mol. The highest BCUT2D eigenvalue weighted by molar-refractivity contribution is 5.75. The van der Waals surface area contributed by atoms with Crippen molar-refractivity contribution < 1.29 is 4.79 Å². The van der Waals surface area contributed by atoms with E-state index < -0.39 is 0 Å². The highest BCUT2D eigenvalue weighted by Gasteiger charge is 2.21. The number of nitrogens with one attached hydrogen (secondary N) is 1. The Morgan fingerprint density at radius 1 is 1.58 bits per heavy atom. The topological polar surface area (TPSA) is 71.2 Å². The van der Waals surface area contributed by atoms with E-state index >= 15 is 0 Å². The molecule has 0 bridgehead atoms. The maximum Gasteiger partial charge on any atom is 0.231 e. The largest absolute Gasteiger partial charge is 0.369 e. The number of rotatable bonds is 5. The third-order valence-electron chi connectivity index (χ3n) is 3.64. The van der Waals surface area contributed by atoms with Gasteiger partial charge in [0.25, 0.3) is 0 Å². The summed E-state index contributed by atoms with van der Waals surface area (Å²) in [6, 6.07) is 4.86. The SMILES string of the molecule is CC(NC1CCN(CC(N)=O)CC1)c1cccnc1. The summed E-state index contributed by atoms with van der Waals surface area (Å²) in [6.07, 6.45) is 5.80. The first-order chi connectivity index (χ1) is 9.15. The van der Waals surface area contributed by atoms with Gasteiger partial charge in [-0.2, -0.15) is 0 Å². The highest BCUT2D eigenvalue weighted by Crippen LogP contribution is 2.16. The fraction of sp³-hybridized carbons (Fsp3) is 0.571. The zero-order valence-corrected chi connectivity index (χ0v) is 11.4. The van der Waals surface area contributed by atoms with Crippen molar-refractivity contribution in [2.75, 3.05) is 19.6 Å². The second kappa shape index (κ2) is 6.63. The van der Waals surface area contributed by atoms with Crippen molar-refractivity contribution in [1.82, 2.24) is 15.2 Å². The maximum atomic E-state index is 10.9. The van der Waals surface area contributed by atoms with Crippen molar-refractivity contribution >= 4 is 5.91 Å². The van der Waals surface area contributed by atoms with Crippen LogP contribution in [0.15, 0.2) is 24.5 Å². The summed E-state index contributed by atoms with van der Waals surface area (Å²) in [5.41, 5.74) is 6.42. The van der Waals surface area contributed by atoms with Crippen LogP contribution in [-0.4, -0.2) is 41.5 Å². The first-order valence-electron chi connectivity index (χ1n) is 6.82. The number of likely N-dealkylation sites (tertiary alicyclic amines) is 1. The molecule has 0 spiro atoms. The van der Waals surface area contributed by atoms with Crippen LogP contribution < -0.4 is 11.1 Å². The van der Waals surface area contributed by atoms with Gasteiger partial charge in [-0.25, -0.2) is 0 Å². The van der Waals surface area contributed by atoms with Crippen molar-refractivity contribution in [2.24, 2.45) is 5.73 Å². The predicted molar refractivity (Wildman–Crippen MR) is 74.4 cm³/mol. The number of aromatic nitrogens is 1. The van der Waals surface area contributed by atoms with Crippen LogP contribution in [0.1, 0.15) is 31.4 Å². The number of carbonyl (C=O) groups is 1. The van der Waals surface area contributed by atoms with Gasteiger partial charge in [-0.15, -0.1) is 0 Å². The Morgan fingerprint density at radius 2 is 2.32 bits per heavy atom. The van der Waals surface area contributed by atoms with Crippen LogP contribution in [0.2, 0.25) is 0 Å². The summed E-state index contributed by atoms with van der Waals surface area (Å²) < 4.78 is 0. The quantitative estimate of drug-likeness (QED) is 0.818. The lowest BCUT2D eigenvalue weighted by Gasteiger charge is -2.33. The molecule has 1 unspecified atom stereocenters. The van der Waals surface area contributed by atoms with Crippen LogP contribution in [-0.2, 0) is 4.79 Å². The van der Waals surface area contributed by atoms with Crippen LogP contribution in [0, 0.1) is 0 Å². The Morgan fingerprint density at radius 3 is 2.89 bits per heavy atom. The third-order valence-corrected chi connectivity index (χ3v) is 3.64. The van der Waals surface area contributed by atoms with E-state index in [1.807, 2.05) is 12.3 Å². The molecule has 0 saturated carbocycles. The van der Waals surface area contributed by atoms with E-state index in [1.54, 1.807) is 6.20 Å². The minimum Gasteiger partial charge on any atom is -0.369 e. The zero-order chi connectivity index (χ0) is 13.7. The molecule has 1 aromatic heterocycles. The van der Waals surface area contributed by atoms with Crippen molar-refractivity contribution in [3.63, 3.8) is 0 Å². The minimum absolute atomic E-state index is 0.241. The van der Waals surface area contributed by atoms with E-state index in [1.165, 1.54) is 5.56 Å². The fourth-order valence-corrected chi connectivity index (χ4v) is 2.56.